The van der Waals surface area contributed by atoms with Crippen molar-refractivity contribution >= 4 is 88.2 Å². The summed E-state index contributed by atoms with van der Waals surface area (Å²) < 4.78 is 2.26. The van der Waals surface area contributed by atoms with Gasteiger partial charge in [-0.15, -0.1) is 0 Å². The molecule has 1 aliphatic rings. The molecule has 3 heterocycles. The molecule has 0 saturated heterocycles. The number of hydrogen-bond donors (Lipinski definition) is 0. The standard InChI is InChI=1S/C70H56N6/c1-43(2)52-39-48-36-38-60(66-53(44(3)4)40-47-35-37-59(65(52)63(47)64(48)66)74(49-27-15-9-16-28-49)50-29-17-10-18-30-50)75-58-34-22-20-32-55(58)70(5,6)56-41-54-51-31-19-21-33-57(51)76(61(54)42-62(56)75)69-72-67(45-23-11-7-12-24-45)71-68(73-69)46-25-13-8-14-26-46/h7-44H,1-6H3. The molecule has 13 aromatic rings. The minimum absolute atomic E-state index is 0.226. The summed E-state index contributed by atoms with van der Waals surface area (Å²) in [5, 5.41) is 9.98. The third kappa shape index (κ3) is 6.97. The molecule has 0 aliphatic carbocycles. The fourth-order valence-electron chi connectivity index (χ4n) is 12.5. The average molecular weight is 981 g/mol. The zero-order valence-electron chi connectivity index (χ0n) is 43.6. The lowest BCUT2D eigenvalue weighted by Gasteiger charge is -2.43. The molecule has 366 valence electrons. The summed E-state index contributed by atoms with van der Waals surface area (Å²) >= 11 is 0. The summed E-state index contributed by atoms with van der Waals surface area (Å²) in [7, 11) is 0. The van der Waals surface area contributed by atoms with Crippen molar-refractivity contribution in [2.45, 2.75) is 58.8 Å². The fraction of sp³-hybridized carbons (Fsp3) is 0.129. The second kappa shape index (κ2) is 17.5. The Kier molecular flexibility index (Phi) is 10.5. The molecule has 0 atom stereocenters. The highest BCUT2D eigenvalue weighted by Crippen LogP contribution is 2.57. The van der Waals surface area contributed by atoms with Crippen LogP contribution in [0.3, 0.4) is 0 Å². The third-order valence-corrected chi connectivity index (χ3v) is 16.0. The molecule has 1 aliphatic heterocycles. The van der Waals surface area contributed by atoms with E-state index in [2.05, 4.69) is 238 Å². The molecule has 6 nitrogen and oxygen atoms in total. The molecule has 0 fully saturated rings. The van der Waals surface area contributed by atoms with Gasteiger partial charge in [-0.1, -0.05) is 199 Å². The maximum atomic E-state index is 5.35. The molecule has 14 rings (SSSR count). The second-order valence-electron chi connectivity index (χ2n) is 21.6. The van der Waals surface area contributed by atoms with Crippen LogP contribution in [0.2, 0.25) is 0 Å². The Balaban J connectivity index is 1.08. The summed E-state index contributed by atoms with van der Waals surface area (Å²) in [5.41, 5.74) is 15.7. The van der Waals surface area contributed by atoms with Gasteiger partial charge in [-0.3, -0.25) is 4.57 Å². The van der Waals surface area contributed by atoms with Crippen molar-refractivity contribution in [3.8, 4) is 28.7 Å². The Labute approximate surface area is 443 Å². The van der Waals surface area contributed by atoms with Crippen LogP contribution in [0.4, 0.5) is 34.1 Å². The zero-order valence-corrected chi connectivity index (χ0v) is 43.6. The van der Waals surface area contributed by atoms with Gasteiger partial charge in [-0.2, -0.15) is 9.97 Å². The first-order valence-electron chi connectivity index (χ1n) is 26.7. The molecule has 0 unspecified atom stereocenters. The maximum absolute atomic E-state index is 5.35. The first-order valence-corrected chi connectivity index (χ1v) is 26.7. The van der Waals surface area contributed by atoms with Gasteiger partial charge in [0.05, 0.1) is 33.8 Å². The van der Waals surface area contributed by atoms with E-state index >= 15 is 0 Å². The van der Waals surface area contributed by atoms with Crippen LogP contribution in [-0.2, 0) is 5.41 Å². The number of para-hydroxylation sites is 4. The van der Waals surface area contributed by atoms with E-state index in [1.807, 2.05) is 36.4 Å². The molecule has 76 heavy (non-hydrogen) atoms. The molecular formula is C70H56N6. The molecule has 11 aromatic carbocycles. The normalized spacial score (nSPS) is 13.2. The number of nitrogens with zero attached hydrogens (tertiary/aromatic N) is 6. The van der Waals surface area contributed by atoms with E-state index in [0.29, 0.717) is 17.6 Å². The number of aromatic nitrogens is 4. The maximum Gasteiger partial charge on any atom is 0.238 e. The molecule has 0 amide bonds. The lowest BCUT2D eigenvalue weighted by molar-refractivity contribution is 0.633. The minimum Gasteiger partial charge on any atom is -0.310 e. The number of fused-ring (bicyclic) bond motifs is 5. The largest absolute Gasteiger partial charge is 0.310 e. The van der Waals surface area contributed by atoms with Gasteiger partial charge in [0.1, 0.15) is 0 Å². The van der Waals surface area contributed by atoms with Crippen LogP contribution in [0.25, 0.3) is 82.8 Å². The number of anilines is 6. The highest BCUT2D eigenvalue weighted by atomic mass is 15.2. The van der Waals surface area contributed by atoms with E-state index in [-0.39, 0.29) is 17.3 Å². The van der Waals surface area contributed by atoms with Gasteiger partial charge in [0.25, 0.3) is 0 Å². The summed E-state index contributed by atoms with van der Waals surface area (Å²) in [6.07, 6.45) is 0. The molecule has 0 N–H and O–H groups in total. The van der Waals surface area contributed by atoms with Crippen molar-refractivity contribution in [3.63, 3.8) is 0 Å². The number of hydrogen-bond acceptors (Lipinski definition) is 5. The van der Waals surface area contributed by atoms with Crippen LogP contribution < -0.4 is 9.80 Å². The van der Waals surface area contributed by atoms with Crippen molar-refractivity contribution in [2.75, 3.05) is 9.80 Å². The van der Waals surface area contributed by atoms with E-state index in [9.17, 15) is 0 Å². The number of benzene rings is 11. The van der Waals surface area contributed by atoms with Gasteiger partial charge < -0.3 is 9.80 Å². The Morgan fingerprint density at radius 2 is 0.934 bits per heavy atom. The van der Waals surface area contributed by atoms with Crippen LogP contribution in [0.5, 0.6) is 0 Å². The molecule has 0 radical (unpaired) electrons. The van der Waals surface area contributed by atoms with Gasteiger partial charge in [0.2, 0.25) is 5.95 Å². The van der Waals surface area contributed by atoms with Gasteiger partial charge in [-0.25, -0.2) is 4.98 Å². The van der Waals surface area contributed by atoms with Gasteiger partial charge >= 0.3 is 0 Å². The van der Waals surface area contributed by atoms with E-state index in [1.54, 1.807) is 0 Å². The van der Waals surface area contributed by atoms with Crippen molar-refractivity contribution in [1.82, 2.24) is 19.5 Å². The van der Waals surface area contributed by atoms with Gasteiger partial charge in [0, 0.05) is 49.5 Å². The summed E-state index contributed by atoms with van der Waals surface area (Å²) in [6.45, 7) is 14.2. The Bertz CT molecular complexity index is 4270. The van der Waals surface area contributed by atoms with Crippen molar-refractivity contribution in [1.29, 1.82) is 0 Å². The predicted molar refractivity (Wildman–Crippen MR) is 318 cm³/mol. The van der Waals surface area contributed by atoms with Crippen molar-refractivity contribution in [3.05, 3.63) is 241 Å². The van der Waals surface area contributed by atoms with Gasteiger partial charge in [-0.05, 0) is 116 Å². The summed E-state index contributed by atoms with van der Waals surface area (Å²) in [6, 6.07) is 79.4. The van der Waals surface area contributed by atoms with Crippen LogP contribution in [0.1, 0.15) is 75.6 Å². The molecule has 0 saturated carbocycles. The van der Waals surface area contributed by atoms with Crippen molar-refractivity contribution in [2.24, 2.45) is 0 Å². The van der Waals surface area contributed by atoms with E-state index < -0.39 is 0 Å². The minimum atomic E-state index is -0.349. The molecule has 2 aromatic heterocycles. The lowest BCUT2D eigenvalue weighted by Crippen LogP contribution is -2.30. The third-order valence-electron chi connectivity index (χ3n) is 16.0. The van der Waals surface area contributed by atoms with Crippen molar-refractivity contribution < 1.29 is 0 Å². The first kappa shape index (κ1) is 45.5. The van der Waals surface area contributed by atoms with E-state index in [1.165, 1.54) is 65.9 Å². The van der Waals surface area contributed by atoms with E-state index in [0.717, 1.165) is 55.7 Å². The summed E-state index contributed by atoms with van der Waals surface area (Å²) in [4.78, 5) is 20.8. The van der Waals surface area contributed by atoms with Crippen LogP contribution in [0.15, 0.2) is 218 Å². The highest BCUT2D eigenvalue weighted by molar-refractivity contribution is 6.30. The molecule has 0 bridgehead atoms. The molecule has 6 heteroatoms. The zero-order chi connectivity index (χ0) is 51.4. The molecular weight excluding hydrogens is 925 g/mol. The monoisotopic (exact) mass is 980 g/mol. The second-order valence-corrected chi connectivity index (χ2v) is 21.6. The van der Waals surface area contributed by atoms with E-state index in [4.69, 9.17) is 15.0 Å². The van der Waals surface area contributed by atoms with Crippen LogP contribution in [0, 0.1) is 0 Å². The first-order chi connectivity index (χ1) is 37.1. The highest BCUT2D eigenvalue weighted by Gasteiger charge is 2.39. The Morgan fingerprint density at radius 1 is 0.408 bits per heavy atom. The number of rotatable bonds is 9. The fourth-order valence-corrected chi connectivity index (χ4v) is 12.5. The quantitative estimate of drug-likeness (QED) is 0.135. The smallest absolute Gasteiger partial charge is 0.238 e. The Hall–Kier alpha value is -9.13. The Morgan fingerprint density at radius 3 is 1.55 bits per heavy atom. The molecule has 0 spiro atoms. The van der Waals surface area contributed by atoms with Crippen LogP contribution >= 0.6 is 0 Å². The van der Waals surface area contributed by atoms with Crippen LogP contribution in [-0.4, -0.2) is 19.5 Å². The average Bonchev–Trinajstić information content (AvgIpc) is 3.97. The predicted octanol–water partition coefficient (Wildman–Crippen LogP) is 19.0. The lowest BCUT2D eigenvalue weighted by atomic mass is 9.73. The topological polar surface area (TPSA) is 50.1 Å². The van der Waals surface area contributed by atoms with Gasteiger partial charge in [0.15, 0.2) is 11.6 Å². The summed E-state index contributed by atoms with van der Waals surface area (Å²) in [5.74, 6) is 2.31. The SMILES string of the molecule is CC(C)c1cc2ccc(N3c4ccccc4C(C)(C)c4cc5c6ccccc6n(-c6nc(-c7ccccc7)nc(-c7ccccc7)n6)c5cc43)c3c(C(C)C)cc4ccc(N(c5ccccc5)c5ccccc5)c1c4c23.